The lowest BCUT2D eigenvalue weighted by atomic mass is 10.00. The summed E-state index contributed by atoms with van der Waals surface area (Å²) in [6, 6.07) is 7.80. The van der Waals surface area contributed by atoms with Crippen LogP contribution in [0.25, 0.3) is 0 Å². The van der Waals surface area contributed by atoms with Gasteiger partial charge in [-0.2, -0.15) is 0 Å². The normalized spacial score (nSPS) is 16.3. The first-order valence-electron chi connectivity index (χ1n) is 9.83. The molecule has 0 aliphatic carbocycles. The van der Waals surface area contributed by atoms with E-state index in [2.05, 4.69) is 26.6 Å². The summed E-state index contributed by atoms with van der Waals surface area (Å²) in [4.78, 5) is 2.27. The monoisotopic (exact) mass is 418 g/mol. The van der Waals surface area contributed by atoms with Crippen molar-refractivity contribution in [2.24, 2.45) is 5.92 Å². The first-order chi connectivity index (χ1) is 14.0. The molecule has 1 fully saturated rings. The van der Waals surface area contributed by atoms with E-state index in [0.29, 0.717) is 12.1 Å². The van der Waals surface area contributed by atoms with Crippen molar-refractivity contribution in [1.82, 2.24) is 14.8 Å². The quantitative estimate of drug-likeness (QED) is 0.509. The number of rotatable bonds is 6. The van der Waals surface area contributed by atoms with Crippen LogP contribution in [-0.2, 0) is 6.54 Å². The van der Waals surface area contributed by atoms with Gasteiger partial charge in [0.2, 0.25) is 5.95 Å². The molecule has 8 heteroatoms. The van der Waals surface area contributed by atoms with E-state index in [4.69, 9.17) is 4.42 Å². The first-order valence-corrected chi connectivity index (χ1v) is 10.7. The number of thioether (sulfide) groups is 1. The van der Waals surface area contributed by atoms with Crippen LogP contribution in [-0.4, -0.2) is 27.9 Å². The Hall–Kier alpha value is -2.35. The van der Waals surface area contributed by atoms with Gasteiger partial charge in [-0.1, -0.05) is 24.8 Å². The second-order valence-electron chi connectivity index (χ2n) is 7.55. The molecule has 1 saturated heterocycles. The number of anilines is 1. The molecule has 0 bridgehead atoms. The summed E-state index contributed by atoms with van der Waals surface area (Å²) in [6.07, 6.45) is 3.90. The van der Waals surface area contributed by atoms with Crippen LogP contribution in [0.5, 0.6) is 0 Å². The van der Waals surface area contributed by atoms with Gasteiger partial charge in [0.15, 0.2) is 16.8 Å². The Morgan fingerprint density at radius 3 is 2.66 bits per heavy atom. The molecule has 29 heavy (non-hydrogen) atoms. The van der Waals surface area contributed by atoms with Gasteiger partial charge in [-0.05, 0) is 55.5 Å². The Labute approximate surface area is 173 Å². The molecule has 1 aromatic carbocycles. The SMILES string of the molecule is CC1CCN(c2nnc(SC(C)c3ccc(F)c(F)c3)n2Cc2ccco2)CC1. The third kappa shape index (κ3) is 4.47. The van der Waals surface area contributed by atoms with Crippen LogP contribution >= 0.6 is 11.8 Å². The lowest BCUT2D eigenvalue weighted by Crippen LogP contribution is -2.35. The van der Waals surface area contributed by atoms with Crippen LogP contribution < -0.4 is 4.90 Å². The van der Waals surface area contributed by atoms with Crippen LogP contribution in [0, 0.1) is 17.6 Å². The molecular formula is C21H24F2N4OS. The molecule has 1 unspecified atom stereocenters. The largest absolute Gasteiger partial charge is 0.467 e. The number of aromatic nitrogens is 3. The summed E-state index contributed by atoms with van der Waals surface area (Å²) in [5.74, 6) is 0.686. The number of nitrogens with zero attached hydrogens (tertiary/aromatic N) is 4. The van der Waals surface area contributed by atoms with E-state index < -0.39 is 11.6 Å². The maximum atomic E-state index is 13.7. The summed E-state index contributed by atoms with van der Waals surface area (Å²) in [7, 11) is 0. The highest BCUT2D eigenvalue weighted by Gasteiger charge is 2.24. The third-order valence-electron chi connectivity index (χ3n) is 5.35. The van der Waals surface area contributed by atoms with Gasteiger partial charge in [0.1, 0.15) is 5.76 Å². The van der Waals surface area contributed by atoms with E-state index in [1.807, 2.05) is 19.1 Å². The molecule has 0 saturated carbocycles. The number of furan rings is 1. The highest BCUT2D eigenvalue weighted by Crippen LogP contribution is 2.36. The Morgan fingerprint density at radius 2 is 1.97 bits per heavy atom. The van der Waals surface area contributed by atoms with Crippen LogP contribution in [0.2, 0.25) is 0 Å². The smallest absolute Gasteiger partial charge is 0.228 e. The predicted molar refractivity (Wildman–Crippen MR) is 109 cm³/mol. The summed E-state index contributed by atoms with van der Waals surface area (Å²) in [5.41, 5.74) is 0.704. The maximum Gasteiger partial charge on any atom is 0.228 e. The van der Waals surface area contributed by atoms with Gasteiger partial charge in [-0.3, -0.25) is 4.57 Å². The summed E-state index contributed by atoms with van der Waals surface area (Å²) in [6.45, 7) is 6.64. The molecule has 1 atom stereocenters. The van der Waals surface area contributed by atoms with Crippen LogP contribution in [0.3, 0.4) is 0 Å². The Balaban J connectivity index is 1.60. The van der Waals surface area contributed by atoms with Crippen molar-refractivity contribution in [3.05, 3.63) is 59.6 Å². The average molecular weight is 419 g/mol. The van der Waals surface area contributed by atoms with Crippen molar-refractivity contribution < 1.29 is 13.2 Å². The lowest BCUT2D eigenvalue weighted by molar-refractivity contribution is 0.427. The highest BCUT2D eigenvalue weighted by atomic mass is 32.2. The molecule has 3 heterocycles. The predicted octanol–water partition coefficient (Wildman–Crippen LogP) is 5.29. The van der Waals surface area contributed by atoms with Gasteiger partial charge in [0, 0.05) is 18.3 Å². The van der Waals surface area contributed by atoms with E-state index >= 15 is 0 Å². The fourth-order valence-electron chi connectivity index (χ4n) is 3.50. The molecule has 0 N–H and O–H groups in total. The van der Waals surface area contributed by atoms with Crippen molar-refractivity contribution in [3.63, 3.8) is 0 Å². The Morgan fingerprint density at radius 1 is 1.17 bits per heavy atom. The summed E-state index contributed by atoms with van der Waals surface area (Å²) in [5, 5.41) is 9.50. The van der Waals surface area contributed by atoms with Gasteiger partial charge in [0.05, 0.1) is 12.8 Å². The van der Waals surface area contributed by atoms with Gasteiger partial charge in [-0.15, -0.1) is 10.2 Å². The molecule has 154 valence electrons. The minimum Gasteiger partial charge on any atom is -0.467 e. The van der Waals surface area contributed by atoms with Crippen molar-refractivity contribution in [1.29, 1.82) is 0 Å². The summed E-state index contributed by atoms with van der Waals surface area (Å²) < 4.78 is 34.5. The van der Waals surface area contributed by atoms with E-state index in [9.17, 15) is 8.78 Å². The second-order valence-corrected chi connectivity index (χ2v) is 8.86. The van der Waals surface area contributed by atoms with Gasteiger partial charge >= 0.3 is 0 Å². The van der Waals surface area contributed by atoms with Crippen molar-refractivity contribution >= 4 is 17.7 Å². The van der Waals surface area contributed by atoms with E-state index in [1.54, 1.807) is 12.3 Å². The van der Waals surface area contributed by atoms with Gasteiger partial charge in [0.25, 0.3) is 0 Å². The minimum absolute atomic E-state index is 0.112. The number of benzene rings is 1. The molecule has 0 spiro atoms. The average Bonchev–Trinajstić information content (AvgIpc) is 3.36. The maximum absolute atomic E-state index is 13.7. The Bertz CT molecular complexity index is 952. The lowest BCUT2D eigenvalue weighted by Gasteiger charge is -2.31. The molecule has 1 aliphatic heterocycles. The summed E-state index contributed by atoms with van der Waals surface area (Å²) >= 11 is 1.48. The molecule has 3 aromatic rings. The van der Waals surface area contributed by atoms with Crippen molar-refractivity contribution in [3.8, 4) is 0 Å². The minimum atomic E-state index is -0.839. The van der Waals surface area contributed by atoms with E-state index in [1.165, 1.54) is 17.8 Å². The third-order valence-corrected chi connectivity index (χ3v) is 6.49. The molecule has 1 aliphatic rings. The zero-order valence-corrected chi connectivity index (χ0v) is 17.3. The van der Waals surface area contributed by atoms with Gasteiger partial charge in [-0.25, -0.2) is 8.78 Å². The van der Waals surface area contributed by atoms with Gasteiger partial charge < -0.3 is 9.32 Å². The highest BCUT2D eigenvalue weighted by molar-refractivity contribution is 7.99. The standard InChI is InChI=1S/C21H24F2N4OS/c1-14-7-9-26(10-8-14)20-24-25-21(27(20)13-17-4-3-11-28-17)29-15(2)16-5-6-18(22)19(23)12-16/h3-6,11-12,14-15H,7-10,13H2,1-2H3. The van der Waals surface area contributed by atoms with Crippen molar-refractivity contribution in [2.75, 3.05) is 18.0 Å². The number of halogens is 2. The fourth-order valence-corrected chi connectivity index (χ4v) is 4.46. The van der Waals surface area contributed by atoms with E-state index in [-0.39, 0.29) is 5.25 Å². The molecule has 0 amide bonds. The molecule has 5 nitrogen and oxygen atoms in total. The fraction of sp³-hybridized carbons (Fsp3) is 0.429. The second kappa shape index (κ2) is 8.57. The molecule has 4 rings (SSSR count). The van der Waals surface area contributed by atoms with Crippen LogP contribution in [0.1, 0.15) is 43.3 Å². The molecule has 2 aromatic heterocycles. The van der Waals surface area contributed by atoms with Crippen molar-refractivity contribution in [2.45, 2.75) is 43.6 Å². The number of piperidine rings is 1. The van der Waals surface area contributed by atoms with Crippen LogP contribution in [0.4, 0.5) is 14.7 Å². The molecule has 0 radical (unpaired) electrons. The number of hydrogen-bond donors (Lipinski definition) is 0. The number of hydrogen-bond acceptors (Lipinski definition) is 5. The Kier molecular flexibility index (Phi) is 5.89. The zero-order valence-electron chi connectivity index (χ0n) is 16.5. The van der Waals surface area contributed by atoms with Crippen LogP contribution in [0.15, 0.2) is 46.2 Å². The van der Waals surface area contributed by atoms with E-state index in [0.717, 1.165) is 54.8 Å². The zero-order chi connectivity index (χ0) is 20.4. The topological polar surface area (TPSA) is 47.1 Å². The first kappa shape index (κ1) is 19.9. The molecular weight excluding hydrogens is 394 g/mol.